The zero-order valence-corrected chi connectivity index (χ0v) is 11.2. The van der Waals surface area contributed by atoms with E-state index < -0.39 is 12.3 Å². The van der Waals surface area contributed by atoms with Crippen LogP contribution in [0.2, 0.25) is 0 Å². The number of rotatable bonds is 6. The highest BCUT2D eigenvalue weighted by molar-refractivity contribution is 5.85. The molecule has 0 radical (unpaired) electrons. The van der Waals surface area contributed by atoms with Gasteiger partial charge in [0, 0.05) is 17.6 Å². The molecule has 1 heterocycles. The van der Waals surface area contributed by atoms with E-state index in [0.717, 1.165) is 12.0 Å². The van der Waals surface area contributed by atoms with Crippen molar-refractivity contribution in [3.8, 4) is 5.75 Å². The van der Waals surface area contributed by atoms with Crippen LogP contribution in [-0.2, 0) is 14.3 Å². The van der Waals surface area contributed by atoms with Crippen molar-refractivity contribution in [2.75, 3.05) is 19.8 Å². The molecule has 0 aromatic heterocycles. The fraction of sp³-hybridized carbons (Fsp3) is 0.400. The van der Waals surface area contributed by atoms with Gasteiger partial charge in [-0.25, -0.2) is 4.79 Å². The zero-order chi connectivity index (χ0) is 14.4. The second-order valence-electron chi connectivity index (χ2n) is 4.47. The molecule has 1 saturated heterocycles. The van der Waals surface area contributed by atoms with E-state index in [1.54, 1.807) is 0 Å². The van der Waals surface area contributed by atoms with Gasteiger partial charge in [-0.2, -0.15) is 0 Å². The van der Waals surface area contributed by atoms with E-state index in [2.05, 4.69) is 6.58 Å². The summed E-state index contributed by atoms with van der Waals surface area (Å²) in [5.74, 6) is -0.349. The van der Waals surface area contributed by atoms with E-state index in [-0.39, 0.29) is 18.6 Å². The molecule has 1 aromatic rings. The second kappa shape index (κ2) is 7.07. The van der Waals surface area contributed by atoms with Crippen LogP contribution in [0.15, 0.2) is 36.4 Å². The fourth-order valence-corrected chi connectivity index (χ4v) is 1.87. The van der Waals surface area contributed by atoms with Gasteiger partial charge in [-0.15, -0.1) is 0 Å². The fourth-order valence-electron chi connectivity index (χ4n) is 1.87. The normalized spacial score (nSPS) is 15.8. The smallest absolute Gasteiger partial charge is 0.331 e. The molecular formula is C15H18O5. The summed E-state index contributed by atoms with van der Waals surface area (Å²) in [6, 6.07) is 7.45. The van der Waals surface area contributed by atoms with Gasteiger partial charge in [0.2, 0.25) is 0 Å². The first-order chi connectivity index (χ1) is 9.68. The average Bonchev–Trinajstić information content (AvgIpc) is 2.48. The molecule has 5 nitrogen and oxygen atoms in total. The summed E-state index contributed by atoms with van der Waals surface area (Å²) in [6.45, 7) is 5.05. The summed E-state index contributed by atoms with van der Waals surface area (Å²) in [4.78, 5) is 10.7. The molecule has 1 aromatic carbocycles. The Balaban J connectivity index is 1.97. The van der Waals surface area contributed by atoms with E-state index in [4.69, 9.17) is 19.3 Å². The third kappa shape index (κ3) is 3.82. The summed E-state index contributed by atoms with van der Waals surface area (Å²) in [5, 5.41) is 8.74. The first-order valence-electron chi connectivity index (χ1n) is 6.54. The van der Waals surface area contributed by atoms with E-state index in [0.29, 0.717) is 19.0 Å². The van der Waals surface area contributed by atoms with Gasteiger partial charge >= 0.3 is 5.97 Å². The lowest BCUT2D eigenvalue weighted by atomic mass is 10.2. The quantitative estimate of drug-likeness (QED) is 0.810. The molecule has 1 fully saturated rings. The Hall–Kier alpha value is -1.85. The Morgan fingerprint density at radius 1 is 1.35 bits per heavy atom. The molecule has 20 heavy (non-hydrogen) atoms. The SMILES string of the molecule is C=C(CCOc1ccccc1C1OCCCO1)C(=O)O. The van der Waals surface area contributed by atoms with E-state index in [9.17, 15) is 4.79 Å². The maximum atomic E-state index is 10.7. The first-order valence-corrected chi connectivity index (χ1v) is 6.54. The minimum atomic E-state index is -0.999. The molecule has 5 heteroatoms. The number of aliphatic carboxylic acids is 1. The highest BCUT2D eigenvalue weighted by Gasteiger charge is 2.20. The lowest BCUT2D eigenvalue weighted by Gasteiger charge is -2.25. The van der Waals surface area contributed by atoms with Gasteiger partial charge in [0.25, 0.3) is 0 Å². The highest BCUT2D eigenvalue weighted by atomic mass is 16.7. The summed E-state index contributed by atoms with van der Waals surface area (Å²) in [7, 11) is 0. The summed E-state index contributed by atoms with van der Waals surface area (Å²) >= 11 is 0. The van der Waals surface area contributed by atoms with Gasteiger partial charge < -0.3 is 19.3 Å². The average molecular weight is 278 g/mol. The van der Waals surface area contributed by atoms with Crippen molar-refractivity contribution in [1.29, 1.82) is 0 Å². The predicted molar refractivity (Wildman–Crippen MR) is 72.6 cm³/mol. The Kier molecular flexibility index (Phi) is 5.15. The molecule has 2 rings (SSSR count). The van der Waals surface area contributed by atoms with E-state index in [1.165, 1.54) is 0 Å². The van der Waals surface area contributed by atoms with Crippen molar-refractivity contribution in [3.05, 3.63) is 42.0 Å². The van der Waals surface area contributed by atoms with Crippen molar-refractivity contribution in [1.82, 2.24) is 0 Å². The predicted octanol–water partition coefficient (Wildman–Crippen LogP) is 2.53. The van der Waals surface area contributed by atoms with Gasteiger partial charge in [0.15, 0.2) is 6.29 Å². The Morgan fingerprint density at radius 3 is 2.75 bits per heavy atom. The van der Waals surface area contributed by atoms with Crippen LogP contribution in [0.4, 0.5) is 0 Å². The minimum Gasteiger partial charge on any atom is -0.493 e. The van der Waals surface area contributed by atoms with Crippen LogP contribution in [0, 0.1) is 0 Å². The molecule has 0 unspecified atom stereocenters. The number of hydrogen-bond donors (Lipinski definition) is 1. The van der Waals surface area contributed by atoms with Gasteiger partial charge in [0.1, 0.15) is 5.75 Å². The minimum absolute atomic E-state index is 0.132. The lowest BCUT2D eigenvalue weighted by molar-refractivity contribution is -0.183. The first kappa shape index (κ1) is 14.6. The molecule has 0 amide bonds. The van der Waals surface area contributed by atoms with Gasteiger partial charge in [-0.05, 0) is 12.5 Å². The molecule has 1 aliphatic rings. The topological polar surface area (TPSA) is 65.0 Å². The van der Waals surface area contributed by atoms with Crippen molar-refractivity contribution < 1.29 is 24.1 Å². The summed E-state index contributed by atoms with van der Waals surface area (Å²) in [5.41, 5.74) is 0.959. The number of carboxylic acids is 1. The third-order valence-electron chi connectivity index (χ3n) is 2.96. The van der Waals surface area contributed by atoms with E-state index in [1.807, 2.05) is 24.3 Å². The number of para-hydroxylation sites is 1. The van der Waals surface area contributed by atoms with Gasteiger partial charge in [-0.3, -0.25) is 0 Å². The third-order valence-corrected chi connectivity index (χ3v) is 2.96. The maximum Gasteiger partial charge on any atom is 0.331 e. The molecule has 108 valence electrons. The van der Waals surface area contributed by atoms with Crippen LogP contribution in [0.5, 0.6) is 5.75 Å². The molecule has 0 spiro atoms. The zero-order valence-electron chi connectivity index (χ0n) is 11.2. The molecular weight excluding hydrogens is 260 g/mol. The Labute approximate surface area is 117 Å². The van der Waals surface area contributed by atoms with E-state index >= 15 is 0 Å². The molecule has 0 saturated carbocycles. The van der Waals surface area contributed by atoms with Crippen LogP contribution in [0.1, 0.15) is 24.7 Å². The largest absolute Gasteiger partial charge is 0.493 e. The summed E-state index contributed by atoms with van der Waals surface area (Å²) in [6.07, 6.45) is 0.746. The monoisotopic (exact) mass is 278 g/mol. The van der Waals surface area contributed by atoms with Gasteiger partial charge in [-0.1, -0.05) is 24.8 Å². The van der Waals surface area contributed by atoms with Crippen molar-refractivity contribution >= 4 is 5.97 Å². The van der Waals surface area contributed by atoms with Crippen LogP contribution >= 0.6 is 0 Å². The molecule has 0 aliphatic carbocycles. The molecule has 0 bridgehead atoms. The van der Waals surface area contributed by atoms with Crippen LogP contribution < -0.4 is 4.74 Å². The van der Waals surface area contributed by atoms with Crippen LogP contribution in [0.25, 0.3) is 0 Å². The number of benzene rings is 1. The molecule has 1 aliphatic heterocycles. The number of carbonyl (C=O) groups is 1. The van der Waals surface area contributed by atoms with Crippen molar-refractivity contribution in [2.45, 2.75) is 19.1 Å². The molecule has 0 atom stereocenters. The number of hydrogen-bond acceptors (Lipinski definition) is 4. The Morgan fingerprint density at radius 2 is 2.05 bits per heavy atom. The van der Waals surface area contributed by atoms with Crippen LogP contribution in [0.3, 0.4) is 0 Å². The maximum absolute atomic E-state index is 10.7. The number of ether oxygens (including phenoxy) is 3. The number of carboxylic acid groups (broad SMARTS) is 1. The highest BCUT2D eigenvalue weighted by Crippen LogP contribution is 2.30. The lowest BCUT2D eigenvalue weighted by Crippen LogP contribution is -2.18. The van der Waals surface area contributed by atoms with Crippen molar-refractivity contribution in [2.24, 2.45) is 0 Å². The Bertz CT molecular complexity index is 477. The second-order valence-corrected chi connectivity index (χ2v) is 4.47. The standard InChI is InChI=1S/C15H18O5/c1-11(14(16)17)7-10-18-13-6-3-2-5-12(13)15-19-8-4-9-20-15/h2-3,5-6,15H,1,4,7-10H2,(H,16,17). The van der Waals surface area contributed by atoms with Crippen molar-refractivity contribution in [3.63, 3.8) is 0 Å². The van der Waals surface area contributed by atoms with Crippen LogP contribution in [-0.4, -0.2) is 30.9 Å². The van der Waals surface area contributed by atoms with Gasteiger partial charge in [0.05, 0.1) is 19.8 Å². The summed E-state index contributed by atoms with van der Waals surface area (Å²) < 4.78 is 16.7. The molecule has 1 N–H and O–H groups in total.